The molecule has 4 rings (SSSR count). The highest BCUT2D eigenvalue weighted by Crippen LogP contribution is 2.29. The number of thioether (sulfide) groups is 1. The second-order valence-corrected chi connectivity index (χ2v) is 7.80. The van der Waals surface area contributed by atoms with Gasteiger partial charge in [0.1, 0.15) is 16.7 Å². The van der Waals surface area contributed by atoms with Crippen LogP contribution in [0, 0.1) is 19.7 Å². The molecule has 0 aliphatic rings. The first-order valence-corrected chi connectivity index (χ1v) is 10.2. The molecule has 8 heteroatoms. The van der Waals surface area contributed by atoms with Crippen LogP contribution in [0.25, 0.3) is 10.9 Å². The van der Waals surface area contributed by atoms with Gasteiger partial charge in [-0.1, -0.05) is 35.5 Å². The summed E-state index contributed by atoms with van der Waals surface area (Å²) in [5.74, 6) is 1.10. The maximum atomic E-state index is 12.9. The van der Waals surface area contributed by atoms with E-state index in [2.05, 4.69) is 28.2 Å². The van der Waals surface area contributed by atoms with Crippen molar-refractivity contribution in [3.63, 3.8) is 0 Å². The molecule has 2 heterocycles. The predicted octanol–water partition coefficient (Wildman–Crippen LogP) is 5.90. The first-order chi connectivity index (χ1) is 14.0. The molecule has 0 N–H and O–H groups in total. The highest BCUT2D eigenvalue weighted by molar-refractivity contribution is 7.98. The summed E-state index contributed by atoms with van der Waals surface area (Å²) in [4.78, 5) is 4.56. The third-order valence-corrected chi connectivity index (χ3v) is 5.71. The van der Waals surface area contributed by atoms with Crippen LogP contribution in [-0.2, 0) is 12.4 Å². The van der Waals surface area contributed by atoms with Crippen molar-refractivity contribution < 1.29 is 13.5 Å². The number of halogens is 2. The molecule has 0 radical (unpaired) electrons. The Morgan fingerprint density at radius 1 is 1.10 bits per heavy atom. The molecular weight excluding hydrogens is 413 g/mol. The van der Waals surface area contributed by atoms with Crippen LogP contribution in [0.2, 0.25) is 5.15 Å². The number of nitrogens with zero attached hydrogens (tertiary/aromatic N) is 3. The molecule has 0 atom stereocenters. The zero-order valence-electron chi connectivity index (χ0n) is 15.8. The summed E-state index contributed by atoms with van der Waals surface area (Å²) in [6.07, 6.45) is 0. The van der Waals surface area contributed by atoms with E-state index in [-0.39, 0.29) is 12.4 Å². The number of benzene rings is 2. The summed E-state index contributed by atoms with van der Waals surface area (Å²) in [6, 6.07) is 11.9. The van der Waals surface area contributed by atoms with Gasteiger partial charge < -0.3 is 9.15 Å². The second-order valence-electron chi connectivity index (χ2n) is 6.51. The van der Waals surface area contributed by atoms with E-state index in [1.807, 2.05) is 19.1 Å². The molecule has 148 valence electrons. The van der Waals surface area contributed by atoms with Crippen molar-refractivity contribution >= 4 is 34.3 Å². The van der Waals surface area contributed by atoms with Crippen molar-refractivity contribution in [3.8, 4) is 5.75 Å². The van der Waals surface area contributed by atoms with E-state index in [9.17, 15) is 4.39 Å². The van der Waals surface area contributed by atoms with E-state index in [0.29, 0.717) is 27.8 Å². The van der Waals surface area contributed by atoms with Gasteiger partial charge in [-0.2, -0.15) is 0 Å². The molecule has 0 bridgehead atoms. The van der Waals surface area contributed by atoms with E-state index in [4.69, 9.17) is 20.8 Å². The molecule has 0 amide bonds. The van der Waals surface area contributed by atoms with E-state index >= 15 is 0 Å². The fraction of sp³-hybridized carbons (Fsp3) is 0.190. The number of fused-ring (bicyclic) bond motifs is 1. The lowest BCUT2D eigenvalue weighted by molar-refractivity contribution is 0.252. The van der Waals surface area contributed by atoms with Crippen molar-refractivity contribution in [2.24, 2.45) is 0 Å². The number of hydrogen-bond acceptors (Lipinski definition) is 6. The number of ether oxygens (including phenoxy) is 1. The molecule has 4 aromatic rings. The van der Waals surface area contributed by atoms with Crippen molar-refractivity contribution in [2.75, 3.05) is 0 Å². The van der Waals surface area contributed by atoms with Crippen LogP contribution < -0.4 is 4.74 Å². The first-order valence-electron chi connectivity index (χ1n) is 8.88. The number of pyridine rings is 1. The predicted molar refractivity (Wildman–Crippen MR) is 111 cm³/mol. The molecule has 2 aromatic carbocycles. The summed E-state index contributed by atoms with van der Waals surface area (Å²) in [7, 11) is 0. The summed E-state index contributed by atoms with van der Waals surface area (Å²) >= 11 is 7.77. The Balaban J connectivity index is 1.41. The highest BCUT2D eigenvalue weighted by atomic mass is 35.5. The van der Waals surface area contributed by atoms with Crippen LogP contribution in [0.5, 0.6) is 5.75 Å². The summed E-state index contributed by atoms with van der Waals surface area (Å²) in [5, 5.41) is 9.92. The smallest absolute Gasteiger partial charge is 0.277 e. The molecule has 0 unspecified atom stereocenters. The van der Waals surface area contributed by atoms with E-state index in [1.165, 1.54) is 29.5 Å². The molecular formula is C21H17ClFN3O2S. The van der Waals surface area contributed by atoms with Crippen LogP contribution in [-0.4, -0.2) is 15.2 Å². The molecule has 0 saturated heterocycles. The van der Waals surface area contributed by atoms with Crippen LogP contribution in [0.1, 0.15) is 22.6 Å². The Morgan fingerprint density at radius 2 is 1.90 bits per heavy atom. The quantitative estimate of drug-likeness (QED) is 0.281. The molecule has 0 saturated carbocycles. The van der Waals surface area contributed by atoms with Gasteiger partial charge in [0.2, 0.25) is 0 Å². The van der Waals surface area contributed by atoms with E-state index in [1.54, 1.807) is 12.1 Å². The monoisotopic (exact) mass is 429 g/mol. The number of hydrogen-bond donors (Lipinski definition) is 0. The standard InChI is InChI=1S/C21H17ClFN3O2S/c1-12-3-4-14-9-15(20(22)24-19(14)13(12)2)11-29-21-26-25-18(28-21)10-27-17-7-5-16(23)6-8-17/h3-9H,10-11H2,1-2H3. The summed E-state index contributed by atoms with van der Waals surface area (Å²) in [5.41, 5.74) is 4.13. The van der Waals surface area contributed by atoms with Crippen LogP contribution >= 0.6 is 23.4 Å². The minimum absolute atomic E-state index is 0.107. The van der Waals surface area contributed by atoms with Crippen molar-refractivity contribution in [1.82, 2.24) is 15.2 Å². The van der Waals surface area contributed by atoms with Crippen molar-refractivity contribution in [3.05, 3.63) is 76.0 Å². The molecule has 0 fully saturated rings. The molecule has 2 aromatic heterocycles. The topological polar surface area (TPSA) is 61.0 Å². The molecule has 0 spiro atoms. The van der Waals surface area contributed by atoms with Gasteiger partial charge in [-0.3, -0.25) is 0 Å². The lowest BCUT2D eigenvalue weighted by atomic mass is 10.0. The Kier molecular flexibility index (Phi) is 5.69. The summed E-state index contributed by atoms with van der Waals surface area (Å²) in [6.45, 7) is 4.21. The van der Waals surface area contributed by atoms with E-state index in [0.717, 1.165) is 22.0 Å². The fourth-order valence-electron chi connectivity index (χ4n) is 2.78. The molecule has 29 heavy (non-hydrogen) atoms. The first kappa shape index (κ1) is 19.7. The maximum absolute atomic E-state index is 12.9. The van der Waals surface area contributed by atoms with Gasteiger partial charge in [-0.05, 0) is 55.3 Å². The highest BCUT2D eigenvalue weighted by Gasteiger charge is 2.12. The largest absolute Gasteiger partial charge is 0.484 e. The normalized spacial score (nSPS) is 11.2. The number of aryl methyl sites for hydroxylation is 2. The van der Waals surface area contributed by atoms with Gasteiger partial charge in [0.15, 0.2) is 6.61 Å². The van der Waals surface area contributed by atoms with Crippen LogP contribution in [0.15, 0.2) is 52.1 Å². The lowest BCUT2D eigenvalue weighted by Crippen LogP contribution is -1.95. The second kappa shape index (κ2) is 8.39. The number of aromatic nitrogens is 3. The SMILES string of the molecule is Cc1ccc2cc(CSc3nnc(COc4ccc(F)cc4)o3)c(Cl)nc2c1C. The average molecular weight is 430 g/mol. The van der Waals surface area contributed by atoms with Crippen LogP contribution in [0.3, 0.4) is 0 Å². The van der Waals surface area contributed by atoms with Gasteiger partial charge in [0.05, 0.1) is 5.52 Å². The van der Waals surface area contributed by atoms with Gasteiger partial charge in [-0.15, -0.1) is 10.2 Å². The zero-order valence-corrected chi connectivity index (χ0v) is 17.4. The van der Waals surface area contributed by atoms with Gasteiger partial charge in [-0.25, -0.2) is 9.37 Å². The molecule has 5 nitrogen and oxygen atoms in total. The Morgan fingerprint density at radius 3 is 2.69 bits per heavy atom. The Bertz CT molecular complexity index is 1160. The van der Waals surface area contributed by atoms with Crippen LogP contribution in [0.4, 0.5) is 4.39 Å². The van der Waals surface area contributed by atoms with E-state index < -0.39 is 0 Å². The Hall–Kier alpha value is -2.64. The Labute approximate surface area is 176 Å². The third kappa shape index (κ3) is 4.52. The number of rotatable bonds is 6. The van der Waals surface area contributed by atoms with Gasteiger partial charge in [0, 0.05) is 16.7 Å². The minimum atomic E-state index is -0.319. The summed E-state index contributed by atoms with van der Waals surface area (Å²) < 4.78 is 24.0. The lowest BCUT2D eigenvalue weighted by Gasteiger charge is -2.08. The van der Waals surface area contributed by atoms with Crippen molar-refractivity contribution in [1.29, 1.82) is 0 Å². The fourth-order valence-corrected chi connectivity index (χ4v) is 3.81. The zero-order chi connectivity index (χ0) is 20.4. The third-order valence-electron chi connectivity index (χ3n) is 4.51. The van der Waals surface area contributed by atoms with Gasteiger partial charge >= 0.3 is 0 Å². The average Bonchev–Trinajstić information content (AvgIpc) is 3.17. The van der Waals surface area contributed by atoms with Gasteiger partial charge in [0.25, 0.3) is 11.1 Å². The molecule has 0 aliphatic heterocycles. The molecule has 0 aliphatic carbocycles. The van der Waals surface area contributed by atoms with Crippen molar-refractivity contribution in [2.45, 2.75) is 31.4 Å². The minimum Gasteiger partial charge on any atom is -0.484 e. The maximum Gasteiger partial charge on any atom is 0.277 e.